The first-order chi connectivity index (χ1) is 11.6. The van der Waals surface area contributed by atoms with Crippen molar-refractivity contribution in [1.29, 1.82) is 0 Å². The van der Waals surface area contributed by atoms with Gasteiger partial charge in [-0.3, -0.25) is 4.79 Å². The molecule has 4 nitrogen and oxygen atoms in total. The van der Waals surface area contributed by atoms with Gasteiger partial charge in [-0.15, -0.1) is 0 Å². The molecule has 0 radical (unpaired) electrons. The van der Waals surface area contributed by atoms with Crippen LogP contribution in [-0.2, 0) is 0 Å². The molecule has 0 bridgehead atoms. The Morgan fingerprint density at radius 2 is 1.67 bits per heavy atom. The van der Waals surface area contributed by atoms with E-state index >= 15 is 0 Å². The van der Waals surface area contributed by atoms with E-state index in [1.165, 1.54) is 5.56 Å². The molecule has 1 heterocycles. The molecule has 5 heteroatoms. The molecule has 0 aliphatic heterocycles. The van der Waals surface area contributed by atoms with Crippen LogP contribution in [0, 0.1) is 6.92 Å². The summed E-state index contributed by atoms with van der Waals surface area (Å²) in [7, 11) is 0. The number of benzene rings is 2. The lowest BCUT2D eigenvalue weighted by molar-refractivity contribution is 0.102. The molecule has 1 aromatic heterocycles. The average molecular weight is 338 g/mol. The Morgan fingerprint density at radius 1 is 0.958 bits per heavy atom. The second kappa shape index (κ2) is 7.15. The van der Waals surface area contributed by atoms with E-state index in [4.69, 9.17) is 11.6 Å². The number of hydrogen-bond donors (Lipinski definition) is 2. The van der Waals surface area contributed by atoms with E-state index in [9.17, 15) is 4.79 Å². The average Bonchev–Trinajstić information content (AvgIpc) is 2.59. The molecule has 0 fully saturated rings. The number of aryl methyl sites for hydroxylation is 1. The highest BCUT2D eigenvalue weighted by Gasteiger charge is 2.09. The number of anilines is 3. The van der Waals surface area contributed by atoms with Crippen molar-refractivity contribution in [3.63, 3.8) is 0 Å². The lowest BCUT2D eigenvalue weighted by Gasteiger charge is -2.08. The summed E-state index contributed by atoms with van der Waals surface area (Å²) in [5, 5.41) is 6.48. The fraction of sp³-hybridized carbons (Fsp3) is 0.0526. The van der Waals surface area contributed by atoms with Crippen LogP contribution in [0.5, 0.6) is 0 Å². The van der Waals surface area contributed by atoms with Gasteiger partial charge in [0, 0.05) is 5.69 Å². The van der Waals surface area contributed by atoms with Gasteiger partial charge in [0.15, 0.2) is 0 Å². The number of halogens is 1. The van der Waals surface area contributed by atoms with Crippen LogP contribution < -0.4 is 10.6 Å². The topological polar surface area (TPSA) is 54.0 Å². The van der Waals surface area contributed by atoms with Crippen LogP contribution in [0.25, 0.3) is 0 Å². The first-order valence-electron chi connectivity index (χ1n) is 7.47. The number of pyridine rings is 1. The van der Waals surface area contributed by atoms with Gasteiger partial charge in [0.05, 0.1) is 22.6 Å². The molecular formula is C19H16ClN3O. The second-order valence-corrected chi connectivity index (χ2v) is 5.76. The SMILES string of the molecule is Cc1ccc(Nc2ccc(C(=O)Nc3ccccc3Cl)nc2)cc1. The Balaban J connectivity index is 1.68. The van der Waals surface area contributed by atoms with Crippen molar-refractivity contribution in [3.8, 4) is 0 Å². The third-order valence-corrected chi connectivity index (χ3v) is 3.79. The molecule has 0 aliphatic rings. The highest BCUT2D eigenvalue weighted by molar-refractivity contribution is 6.33. The van der Waals surface area contributed by atoms with Crippen molar-refractivity contribution in [2.75, 3.05) is 10.6 Å². The molecule has 24 heavy (non-hydrogen) atoms. The van der Waals surface area contributed by atoms with E-state index < -0.39 is 0 Å². The van der Waals surface area contributed by atoms with Crippen molar-refractivity contribution in [2.24, 2.45) is 0 Å². The Morgan fingerprint density at radius 3 is 2.33 bits per heavy atom. The minimum atomic E-state index is -0.301. The zero-order valence-corrected chi connectivity index (χ0v) is 13.8. The van der Waals surface area contributed by atoms with Gasteiger partial charge in [-0.05, 0) is 43.3 Å². The quantitative estimate of drug-likeness (QED) is 0.701. The van der Waals surface area contributed by atoms with Crippen LogP contribution in [-0.4, -0.2) is 10.9 Å². The van der Waals surface area contributed by atoms with E-state index in [1.807, 2.05) is 49.4 Å². The molecule has 0 aliphatic carbocycles. The van der Waals surface area contributed by atoms with Crippen LogP contribution in [0.1, 0.15) is 16.1 Å². The first kappa shape index (κ1) is 16.0. The molecule has 120 valence electrons. The maximum absolute atomic E-state index is 12.2. The maximum atomic E-state index is 12.2. The predicted molar refractivity (Wildman–Crippen MR) is 98.1 cm³/mol. The molecule has 0 atom stereocenters. The lowest BCUT2D eigenvalue weighted by atomic mass is 10.2. The summed E-state index contributed by atoms with van der Waals surface area (Å²) >= 11 is 6.04. The molecule has 0 spiro atoms. The maximum Gasteiger partial charge on any atom is 0.274 e. The summed E-state index contributed by atoms with van der Waals surface area (Å²) in [5.74, 6) is -0.301. The molecule has 0 saturated heterocycles. The van der Waals surface area contributed by atoms with Crippen molar-refractivity contribution >= 4 is 34.6 Å². The van der Waals surface area contributed by atoms with E-state index in [2.05, 4.69) is 15.6 Å². The largest absolute Gasteiger partial charge is 0.354 e. The zero-order chi connectivity index (χ0) is 16.9. The van der Waals surface area contributed by atoms with Crippen LogP contribution in [0.15, 0.2) is 66.9 Å². The van der Waals surface area contributed by atoms with Crippen molar-refractivity contribution in [3.05, 3.63) is 83.1 Å². The summed E-state index contributed by atoms with van der Waals surface area (Å²) in [6.07, 6.45) is 1.63. The Bertz CT molecular complexity index is 845. The number of carbonyl (C=O) groups excluding carboxylic acids is 1. The first-order valence-corrected chi connectivity index (χ1v) is 7.85. The van der Waals surface area contributed by atoms with Crippen LogP contribution in [0.2, 0.25) is 5.02 Å². The van der Waals surface area contributed by atoms with Gasteiger partial charge in [-0.25, -0.2) is 4.98 Å². The van der Waals surface area contributed by atoms with E-state index in [0.717, 1.165) is 11.4 Å². The van der Waals surface area contributed by atoms with Gasteiger partial charge in [-0.1, -0.05) is 41.4 Å². The monoisotopic (exact) mass is 337 g/mol. The fourth-order valence-electron chi connectivity index (χ4n) is 2.15. The van der Waals surface area contributed by atoms with Crippen molar-refractivity contribution < 1.29 is 4.79 Å². The summed E-state index contributed by atoms with van der Waals surface area (Å²) in [4.78, 5) is 16.4. The number of nitrogens with zero attached hydrogens (tertiary/aromatic N) is 1. The normalized spacial score (nSPS) is 10.2. The minimum absolute atomic E-state index is 0.301. The number of nitrogens with one attached hydrogen (secondary N) is 2. The van der Waals surface area contributed by atoms with Crippen molar-refractivity contribution in [1.82, 2.24) is 4.98 Å². The van der Waals surface area contributed by atoms with E-state index in [-0.39, 0.29) is 5.91 Å². The second-order valence-electron chi connectivity index (χ2n) is 5.36. The summed E-state index contributed by atoms with van der Waals surface area (Å²) < 4.78 is 0. The number of amides is 1. The highest BCUT2D eigenvalue weighted by atomic mass is 35.5. The van der Waals surface area contributed by atoms with Gasteiger partial charge in [0.1, 0.15) is 5.69 Å². The number of carbonyl (C=O) groups is 1. The molecular weight excluding hydrogens is 322 g/mol. The van der Waals surface area contributed by atoms with Gasteiger partial charge < -0.3 is 10.6 Å². The molecule has 3 aromatic rings. The minimum Gasteiger partial charge on any atom is -0.354 e. The Hall–Kier alpha value is -2.85. The summed E-state index contributed by atoms with van der Waals surface area (Å²) in [6.45, 7) is 2.04. The smallest absolute Gasteiger partial charge is 0.274 e. The highest BCUT2D eigenvalue weighted by Crippen LogP contribution is 2.21. The Kier molecular flexibility index (Phi) is 4.77. The molecule has 2 N–H and O–H groups in total. The molecule has 0 saturated carbocycles. The summed E-state index contributed by atoms with van der Waals surface area (Å²) in [6, 6.07) is 18.6. The Labute approximate surface area is 145 Å². The zero-order valence-electron chi connectivity index (χ0n) is 13.1. The summed E-state index contributed by atoms with van der Waals surface area (Å²) in [5.41, 5.74) is 3.87. The van der Waals surface area contributed by atoms with Gasteiger partial charge >= 0.3 is 0 Å². The fourth-order valence-corrected chi connectivity index (χ4v) is 2.34. The molecule has 1 amide bonds. The predicted octanol–water partition coefficient (Wildman–Crippen LogP) is 5.04. The number of aromatic nitrogens is 1. The number of rotatable bonds is 4. The molecule has 3 rings (SSSR count). The third kappa shape index (κ3) is 3.91. The molecule has 2 aromatic carbocycles. The van der Waals surface area contributed by atoms with Gasteiger partial charge in [0.25, 0.3) is 5.91 Å². The number of hydrogen-bond acceptors (Lipinski definition) is 3. The lowest BCUT2D eigenvalue weighted by Crippen LogP contribution is -2.13. The number of para-hydroxylation sites is 1. The van der Waals surface area contributed by atoms with Crippen LogP contribution in [0.3, 0.4) is 0 Å². The van der Waals surface area contributed by atoms with Crippen molar-refractivity contribution in [2.45, 2.75) is 6.92 Å². The van der Waals surface area contributed by atoms with Gasteiger partial charge in [0.2, 0.25) is 0 Å². The van der Waals surface area contributed by atoms with E-state index in [1.54, 1.807) is 24.4 Å². The van der Waals surface area contributed by atoms with Crippen LogP contribution >= 0.6 is 11.6 Å². The van der Waals surface area contributed by atoms with Gasteiger partial charge in [-0.2, -0.15) is 0 Å². The molecule has 0 unspecified atom stereocenters. The van der Waals surface area contributed by atoms with E-state index in [0.29, 0.717) is 16.4 Å². The van der Waals surface area contributed by atoms with Crippen LogP contribution in [0.4, 0.5) is 17.1 Å². The third-order valence-electron chi connectivity index (χ3n) is 3.46. The standard InChI is InChI=1S/C19H16ClN3O/c1-13-6-8-14(9-7-13)22-15-10-11-18(21-12-15)19(24)23-17-5-3-2-4-16(17)20/h2-12,22H,1H3,(H,23,24).